The molecule has 4 nitrogen and oxygen atoms in total. The van der Waals surface area contributed by atoms with Crippen LogP contribution in [-0.2, 0) is 0 Å². The molecule has 0 fully saturated rings. The molecule has 0 unspecified atom stereocenters. The van der Waals surface area contributed by atoms with Gasteiger partial charge in [-0.1, -0.05) is 0 Å². The van der Waals surface area contributed by atoms with E-state index in [4.69, 9.17) is 19.3 Å². The van der Waals surface area contributed by atoms with Crippen LogP contribution >= 0.6 is 0 Å². The van der Waals surface area contributed by atoms with Crippen LogP contribution in [0.25, 0.3) is 0 Å². The Bertz CT molecular complexity index is 47.3. The van der Waals surface area contributed by atoms with Crippen LogP contribution in [0, 0.1) is 0 Å². The summed E-state index contributed by atoms with van der Waals surface area (Å²) in [6, 6.07) is 0. The number of nitrogens with one attached hydrogen (secondary N) is 1. The molecule has 0 aromatic heterocycles. The molecule has 0 saturated carbocycles. The van der Waals surface area contributed by atoms with Crippen molar-refractivity contribution in [1.82, 2.24) is 9.77 Å². The second-order valence-corrected chi connectivity index (χ2v) is 1.06. The fourth-order valence-corrected chi connectivity index (χ4v) is 0.172. The Kier molecular flexibility index (Phi) is 5.31. The van der Waals surface area contributed by atoms with Gasteiger partial charge in [0.15, 0.2) is 7.98 Å². The third-order valence-corrected chi connectivity index (χ3v) is 0.492. The molecule has 0 rings (SSSR count). The van der Waals surface area contributed by atoms with Crippen molar-refractivity contribution < 1.29 is 0 Å². The highest BCUT2D eigenvalue weighted by molar-refractivity contribution is 6.61. The van der Waals surface area contributed by atoms with E-state index in [1.54, 1.807) is 0 Å². The van der Waals surface area contributed by atoms with Gasteiger partial charge in [0.2, 0.25) is 0 Å². The Morgan fingerprint density at radius 3 is 2.50 bits per heavy atom. The lowest BCUT2D eigenvalue weighted by molar-refractivity contribution is 1.08. The predicted octanol–water partition coefficient (Wildman–Crippen LogP) is -3.52. The average Bonchev–Trinajstić information content (AvgIpc) is 1.83. The number of nitrogens with two attached hydrogens (primary N) is 2. The molecule has 5 N–H and O–H groups in total. The lowest BCUT2D eigenvalue weighted by Gasteiger charge is -2.09. The Labute approximate surface area is 52.6 Å². The van der Waals surface area contributed by atoms with Crippen molar-refractivity contribution >= 4 is 30.6 Å². The van der Waals surface area contributed by atoms with Crippen molar-refractivity contribution in [2.75, 3.05) is 0 Å². The van der Waals surface area contributed by atoms with E-state index in [-0.39, 0.29) is 0 Å². The van der Waals surface area contributed by atoms with Crippen LogP contribution in [0.3, 0.4) is 0 Å². The average molecular weight is 104 g/mol. The molecule has 8 heteroatoms. The highest BCUT2D eigenvalue weighted by atomic mass is 15.0. The third-order valence-electron chi connectivity index (χ3n) is 0.492. The van der Waals surface area contributed by atoms with E-state index in [1.165, 1.54) is 22.6 Å². The van der Waals surface area contributed by atoms with E-state index in [1.807, 2.05) is 0 Å². The van der Waals surface area contributed by atoms with Gasteiger partial charge < -0.3 is 21.1 Å². The molecule has 0 bridgehead atoms. The molecule has 0 aliphatic rings. The minimum Gasteiger partial charge on any atom is -0.417 e. The van der Waals surface area contributed by atoms with Crippen molar-refractivity contribution in [2.24, 2.45) is 11.3 Å². The number of nitrogens with zero attached hydrogens (tertiary/aromatic N) is 1. The van der Waals surface area contributed by atoms with Crippen LogP contribution in [0.5, 0.6) is 0 Å². The van der Waals surface area contributed by atoms with Gasteiger partial charge in [0, 0.05) is 0 Å². The first-order chi connectivity index (χ1) is 3.81. The third kappa shape index (κ3) is 4.26. The maximum Gasteiger partial charge on any atom is 0.292 e. The molecule has 37 valence electrons. The van der Waals surface area contributed by atoms with Crippen molar-refractivity contribution in [3.8, 4) is 0 Å². The summed E-state index contributed by atoms with van der Waals surface area (Å²) in [4.78, 5) is 0. The molecule has 0 saturated heterocycles. The van der Waals surface area contributed by atoms with Gasteiger partial charge in [0.1, 0.15) is 0 Å². The Hall–Kier alpha value is 0.0997. The SMILES string of the molecule is [B]N([B]N)[B]N[B]N. The molecule has 0 spiro atoms. The maximum absolute atomic E-state index is 5.12. The fourth-order valence-electron chi connectivity index (χ4n) is 0.172. The molecule has 0 aromatic rings. The van der Waals surface area contributed by atoms with Crippen LogP contribution in [0.1, 0.15) is 0 Å². The summed E-state index contributed by atoms with van der Waals surface area (Å²) in [5.41, 5.74) is 9.89. The van der Waals surface area contributed by atoms with E-state index in [2.05, 4.69) is 5.14 Å². The van der Waals surface area contributed by atoms with Gasteiger partial charge in [0.25, 0.3) is 22.6 Å². The molecule has 0 aromatic carbocycles. The summed E-state index contributed by atoms with van der Waals surface area (Å²) < 4.78 is 1.14. The van der Waals surface area contributed by atoms with Gasteiger partial charge in [-0.3, -0.25) is 0 Å². The van der Waals surface area contributed by atoms with E-state index in [0.717, 1.165) is 4.63 Å². The van der Waals surface area contributed by atoms with Gasteiger partial charge in [-0.2, -0.15) is 0 Å². The zero-order valence-corrected chi connectivity index (χ0v) is 4.41. The second-order valence-electron chi connectivity index (χ2n) is 1.06. The number of hydrogen-bond donors (Lipinski definition) is 3. The van der Waals surface area contributed by atoms with Gasteiger partial charge >= 0.3 is 0 Å². The van der Waals surface area contributed by atoms with E-state index in [9.17, 15) is 0 Å². The molecule has 0 atom stereocenters. The quantitative estimate of drug-likeness (QED) is 0.324. The lowest BCUT2D eigenvalue weighted by Crippen LogP contribution is -2.45. The van der Waals surface area contributed by atoms with Crippen molar-refractivity contribution in [2.45, 2.75) is 0 Å². The largest absolute Gasteiger partial charge is 0.417 e. The second kappa shape index (κ2) is 5.24. The summed E-state index contributed by atoms with van der Waals surface area (Å²) in [6.07, 6.45) is 0. The monoisotopic (exact) mass is 105 g/mol. The minimum absolute atomic E-state index is 1.14. The van der Waals surface area contributed by atoms with Crippen molar-refractivity contribution in [3.63, 3.8) is 0 Å². The predicted molar refractivity (Wildman–Crippen MR) is 36.4 cm³/mol. The van der Waals surface area contributed by atoms with E-state index < -0.39 is 0 Å². The van der Waals surface area contributed by atoms with Crippen LogP contribution in [0.15, 0.2) is 0 Å². The number of hydrogen-bond acceptors (Lipinski definition) is 4. The van der Waals surface area contributed by atoms with Crippen molar-refractivity contribution in [1.29, 1.82) is 0 Å². The van der Waals surface area contributed by atoms with Gasteiger partial charge in [-0.15, -0.1) is 0 Å². The molecule has 5 radical (unpaired) electrons. The van der Waals surface area contributed by atoms with Gasteiger partial charge in [-0.25, -0.2) is 0 Å². The smallest absolute Gasteiger partial charge is 0.292 e. The Balaban J connectivity index is 2.86. The molecular formula is H5B4N4. The molecule has 0 aliphatic heterocycles. The topological polar surface area (TPSA) is 67.3 Å². The summed E-state index contributed by atoms with van der Waals surface area (Å²) in [6.45, 7) is 0. The summed E-state index contributed by atoms with van der Waals surface area (Å²) >= 11 is 0. The zero-order valence-electron chi connectivity index (χ0n) is 4.41. The maximum atomic E-state index is 5.12. The fraction of sp³-hybridized carbons (Fsp3) is 0. The molecule has 0 aliphatic carbocycles. The number of rotatable bonds is 4. The normalized spacial score (nSPS) is 8.88. The van der Waals surface area contributed by atoms with Crippen LogP contribution in [0.2, 0.25) is 0 Å². The zero-order chi connectivity index (χ0) is 6.41. The minimum atomic E-state index is 1.14. The molecule has 0 amide bonds. The molecule has 0 heterocycles. The Morgan fingerprint density at radius 2 is 2.12 bits per heavy atom. The molecular weight excluding hydrogens is 99.3 g/mol. The summed E-state index contributed by atoms with van der Waals surface area (Å²) in [5, 5.41) is 2.52. The van der Waals surface area contributed by atoms with Gasteiger partial charge in [0.05, 0.1) is 0 Å². The van der Waals surface area contributed by atoms with Gasteiger partial charge in [-0.05, 0) is 0 Å². The first-order valence-corrected chi connectivity index (χ1v) is 2.02. The summed E-state index contributed by atoms with van der Waals surface area (Å²) in [7, 11) is 8.95. The summed E-state index contributed by atoms with van der Waals surface area (Å²) in [5.74, 6) is 0. The van der Waals surface area contributed by atoms with Crippen LogP contribution in [-0.4, -0.2) is 35.3 Å². The van der Waals surface area contributed by atoms with Crippen molar-refractivity contribution in [3.05, 3.63) is 0 Å². The first-order valence-electron chi connectivity index (χ1n) is 2.02. The highest BCUT2D eigenvalue weighted by Crippen LogP contribution is 1.58. The van der Waals surface area contributed by atoms with E-state index in [0.29, 0.717) is 0 Å². The van der Waals surface area contributed by atoms with Crippen LogP contribution in [0.4, 0.5) is 0 Å². The highest BCUT2D eigenvalue weighted by Gasteiger charge is 1.95. The standard InChI is InChI=1S/B4H5N4/c1-8(3-6)4-7-2-5/h7H,5-6H2. The van der Waals surface area contributed by atoms with Crippen LogP contribution < -0.4 is 16.4 Å². The first kappa shape index (κ1) is 8.10. The lowest BCUT2D eigenvalue weighted by atomic mass is 9.86. The van der Waals surface area contributed by atoms with E-state index >= 15 is 0 Å². The molecule has 8 heavy (non-hydrogen) atoms. The Morgan fingerprint density at radius 1 is 1.50 bits per heavy atom.